The molecule has 2 aromatic carbocycles. The van der Waals surface area contributed by atoms with E-state index in [1.165, 1.54) is 49.7 Å². The van der Waals surface area contributed by atoms with Crippen LogP contribution in [-0.4, -0.2) is 85.7 Å². The van der Waals surface area contributed by atoms with Crippen molar-refractivity contribution in [1.29, 1.82) is 0 Å². The summed E-state index contributed by atoms with van der Waals surface area (Å²) in [6.45, 7) is 18.3. The number of aromatic hydroxyl groups is 2. The molecule has 0 aromatic heterocycles. The van der Waals surface area contributed by atoms with Gasteiger partial charge in [0, 0.05) is 50.2 Å². The Kier molecular flexibility index (Phi) is 14.6. The minimum Gasteiger partial charge on any atom is -0.508 e. The number of nitrogens with zero attached hydrogens (tertiary/aromatic N) is 2. The molecule has 2 N–H and O–H groups in total. The molecule has 2 saturated heterocycles. The fraction of sp³-hybridized carbons (Fsp3) is 0.667. The highest BCUT2D eigenvalue weighted by Crippen LogP contribution is 2.39. The fourth-order valence-corrected chi connectivity index (χ4v) is 6.96. The maximum atomic E-state index is 9.83. The van der Waals surface area contributed by atoms with Crippen LogP contribution < -0.4 is 0 Å². The van der Waals surface area contributed by atoms with Crippen molar-refractivity contribution in [1.82, 2.24) is 9.80 Å². The van der Waals surface area contributed by atoms with Gasteiger partial charge in [0.25, 0.3) is 0 Å². The van der Waals surface area contributed by atoms with Gasteiger partial charge in [0.2, 0.25) is 0 Å². The highest BCUT2D eigenvalue weighted by atomic mass is 16.5. The number of hydrogen-bond donors (Lipinski definition) is 2. The molecule has 2 aromatic rings. The first-order valence-electron chi connectivity index (χ1n) is 16.6. The van der Waals surface area contributed by atoms with Gasteiger partial charge in [0.15, 0.2) is 0 Å². The van der Waals surface area contributed by atoms with E-state index in [0.717, 1.165) is 78.5 Å². The monoisotopic (exact) mass is 582 g/mol. The van der Waals surface area contributed by atoms with Crippen LogP contribution in [0.2, 0.25) is 0 Å². The van der Waals surface area contributed by atoms with E-state index >= 15 is 0 Å². The van der Waals surface area contributed by atoms with Gasteiger partial charge in [0.1, 0.15) is 11.5 Å². The molecule has 4 rings (SSSR count). The molecule has 0 unspecified atom stereocenters. The lowest BCUT2D eigenvalue weighted by atomic mass is 9.74. The fourth-order valence-electron chi connectivity index (χ4n) is 6.96. The Labute approximate surface area is 256 Å². The predicted octanol–water partition coefficient (Wildman–Crippen LogP) is 7.12. The van der Waals surface area contributed by atoms with Crippen molar-refractivity contribution in [2.45, 2.75) is 89.9 Å². The minimum absolute atomic E-state index is 0.168. The minimum atomic E-state index is 0.168. The number of likely N-dealkylation sites (tertiary alicyclic amines) is 2. The van der Waals surface area contributed by atoms with E-state index in [4.69, 9.17) is 9.47 Å². The third-order valence-electron chi connectivity index (χ3n) is 9.59. The summed E-state index contributed by atoms with van der Waals surface area (Å²) in [7, 11) is 0. The Bertz CT molecular complexity index is 951. The second kappa shape index (κ2) is 17.9. The van der Waals surface area contributed by atoms with Gasteiger partial charge in [-0.2, -0.15) is 0 Å². The van der Waals surface area contributed by atoms with E-state index < -0.39 is 0 Å². The lowest BCUT2D eigenvalue weighted by Gasteiger charge is -2.36. The van der Waals surface area contributed by atoms with E-state index in [0.29, 0.717) is 11.5 Å². The van der Waals surface area contributed by atoms with Crippen LogP contribution in [0, 0.1) is 0 Å². The second-order valence-corrected chi connectivity index (χ2v) is 12.2. The summed E-state index contributed by atoms with van der Waals surface area (Å²) in [5, 5.41) is 19.7. The molecule has 2 aliphatic rings. The van der Waals surface area contributed by atoms with Crippen molar-refractivity contribution >= 4 is 0 Å². The number of hydrogen-bond acceptors (Lipinski definition) is 6. The summed E-state index contributed by atoms with van der Waals surface area (Å²) in [5.74, 6) is 0.760. The lowest BCUT2D eigenvalue weighted by molar-refractivity contribution is 0.105. The maximum absolute atomic E-state index is 9.83. The summed E-state index contributed by atoms with van der Waals surface area (Å²) in [5.41, 5.74) is 2.91. The summed E-state index contributed by atoms with van der Waals surface area (Å²) >= 11 is 0. The molecule has 2 fully saturated rings. The molecule has 0 spiro atoms. The molecule has 2 aliphatic heterocycles. The molecule has 0 bridgehead atoms. The summed E-state index contributed by atoms with van der Waals surface area (Å²) < 4.78 is 11.0. The van der Waals surface area contributed by atoms with Gasteiger partial charge in [-0.3, -0.25) is 0 Å². The SMILES string of the molecule is CCOCCN1CCCC[C@@](CC)(c2cccc(O)c2)C1.CCOCCN1CCCC[C@](CC)(c2cccc(O)c2)C1. The van der Waals surface area contributed by atoms with Crippen molar-refractivity contribution in [3.8, 4) is 11.5 Å². The molecule has 2 heterocycles. The van der Waals surface area contributed by atoms with Crippen LogP contribution in [0.25, 0.3) is 0 Å². The standard InChI is InChI=1S/2C18H29NO2/c2*1-3-18(16-8-7-9-17(20)14-16)10-5-6-11-19(15-18)12-13-21-4-2/h2*7-9,14,20H,3-6,10-13,15H2,1-2H3/t2*18-/m10/s1. The van der Waals surface area contributed by atoms with Crippen molar-refractivity contribution in [2.24, 2.45) is 0 Å². The van der Waals surface area contributed by atoms with Crippen LogP contribution in [0.15, 0.2) is 48.5 Å². The van der Waals surface area contributed by atoms with Crippen molar-refractivity contribution in [2.75, 3.05) is 65.7 Å². The first-order chi connectivity index (χ1) is 20.4. The molecule has 236 valence electrons. The summed E-state index contributed by atoms with van der Waals surface area (Å²) in [4.78, 5) is 5.08. The first kappa shape index (κ1) is 34.4. The van der Waals surface area contributed by atoms with Crippen LogP contribution in [-0.2, 0) is 20.3 Å². The lowest BCUT2D eigenvalue weighted by Crippen LogP contribution is -2.40. The van der Waals surface area contributed by atoms with Gasteiger partial charge in [0.05, 0.1) is 13.2 Å². The maximum Gasteiger partial charge on any atom is 0.115 e. The van der Waals surface area contributed by atoms with E-state index in [-0.39, 0.29) is 10.8 Å². The van der Waals surface area contributed by atoms with E-state index in [2.05, 4.69) is 35.8 Å². The summed E-state index contributed by atoms with van der Waals surface area (Å²) in [6, 6.07) is 15.7. The van der Waals surface area contributed by atoms with Gasteiger partial charge in [-0.25, -0.2) is 0 Å². The average molecular weight is 583 g/mol. The molecule has 42 heavy (non-hydrogen) atoms. The summed E-state index contributed by atoms with van der Waals surface area (Å²) in [6.07, 6.45) is 9.67. The van der Waals surface area contributed by atoms with Crippen LogP contribution >= 0.6 is 0 Å². The van der Waals surface area contributed by atoms with Crippen LogP contribution in [0.4, 0.5) is 0 Å². The van der Waals surface area contributed by atoms with Gasteiger partial charge in [-0.15, -0.1) is 0 Å². The van der Waals surface area contributed by atoms with Crippen LogP contribution in [0.1, 0.15) is 90.2 Å². The molecule has 6 nitrogen and oxygen atoms in total. The quantitative estimate of drug-likeness (QED) is 0.260. The Morgan fingerprint density at radius 3 is 1.43 bits per heavy atom. The van der Waals surface area contributed by atoms with E-state index in [9.17, 15) is 10.2 Å². The van der Waals surface area contributed by atoms with Crippen LogP contribution in [0.5, 0.6) is 11.5 Å². The largest absolute Gasteiger partial charge is 0.508 e. The Morgan fingerprint density at radius 1 is 0.643 bits per heavy atom. The molecule has 0 aliphatic carbocycles. The highest BCUT2D eigenvalue weighted by Gasteiger charge is 2.35. The number of phenols is 2. The third-order valence-corrected chi connectivity index (χ3v) is 9.59. The van der Waals surface area contributed by atoms with E-state index in [1.54, 1.807) is 12.1 Å². The van der Waals surface area contributed by atoms with Crippen molar-refractivity contribution < 1.29 is 19.7 Å². The Hall–Kier alpha value is -2.12. The van der Waals surface area contributed by atoms with Crippen molar-refractivity contribution in [3.63, 3.8) is 0 Å². The van der Waals surface area contributed by atoms with Gasteiger partial charge in [-0.05, 0) is 101 Å². The van der Waals surface area contributed by atoms with Gasteiger partial charge >= 0.3 is 0 Å². The second-order valence-electron chi connectivity index (χ2n) is 12.2. The Balaban J connectivity index is 0.000000230. The normalized spacial score (nSPS) is 23.9. The Morgan fingerprint density at radius 2 is 1.07 bits per heavy atom. The highest BCUT2D eigenvalue weighted by molar-refractivity contribution is 5.34. The molecule has 6 heteroatoms. The molecular formula is C36H58N2O4. The number of phenolic OH excluding ortho intramolecular Hbond substituents is 2. The van der Waals surface area contributed by atoms with Crippen molar-refractivity contribution in [3.05, 3.63) is 59.7 Å². The number of rotatable bonds is 12. The number of benzene rings is 2. The molecule has 0 radical (unpaired) electrons. The topological polar surface area (TPSA) is 65.4 Å². The smallest absolute Gasteiger partial charge is 0.115 e. The van der Waals surface area contributed by atoms with Crippen LogP contribution in [0.3, 0.4) is 0 Å². The zero-order valence-electron chi connectivity index (χ0n) is 27.0. The average Bonchev–Trinajstić information content (AvgIpc) is 3.35. The van der Waals surface area contributed by atoms with Gasteiger partial charge < -0.3 is 29.5 Å². The molecular weight excluding hydrogens is 524 g/mol. The zero-order chi connectivity index (χ0) is 30.3. The first-order valence-corrected chi connectivity index (χ1v) is 16.6. The van der Waals surface area contributed by atoms with Gasteiger partial charge in [-0.1, -0.05) is 51.0 Å². The number of ether oxygens (including phenoxy) is 2. The molecule has 0 saturated carbocycles. The third kappa shape index (κ3) is 9.97. The van der Waals surface area contributed by atoms with E-state index in [1.807, 2.05) is 38.1 Å². The molecule has 0 amide bonds. The molecule has 2 atom stereocenters. The zero-order valence-corrected chi connectivity index (χ0v) is 27.0. The predicted molar refractivity (Wildman–Crippen MR) is 174 cm³/mol.